The third-order valence-electron chi connectivity index (χ3n) is 4.28. The van der Waals surface area contributed by atoms with Crippen molar-refractivity contribution < 1.29 is 9.59 Å². The highest BCUT2D eigenvalue weighted by Crippen LogP contribution is 2.16. The monoisotopic (exact) mass is 393 g/mol. The van der Waals surface area contributed by atoms with E-state index in [1.54, 1.807) is 10.3 Å². The Bertz CT molecular complexity index is 910. The normalized spacial score (nSPS) is 10.5. The van der Waals surface area contributed by atoms with Crippen LogP contribution < -0.4 is 5.32 Å². The van der Waals surface area contributed by atoms with Crippen LogP contribution in [0, 0.1) is 0 Å². The van der Waals surface area contributed by atoms with Gasteiger partial charge in [0.05, 0.1) is 6.54 Å². The van der Waals surface area contributed by atoms with Crippen molar-refractivity contribution in [1.82, 2.24) is 15.2 Å². The maximum atomic E-state index is 12.4. The zero-order valence-electron chi connectivity index (χ0n) is 15.8. The molecule has 0 unspecified atom stereocenters. The quantitative estimate of drug-likeness (QED) is 0.629. The standard InChI is InChI=1S/C22H23N3O2S/c1-2-21(26)25(14-18-11-7-4-8-12-18)15-20-24-19(16-28-20)22(27)23-13-17-9-5-3-6-10-17/h3-12,16H,2,13-15H2,1H3,(H,23,27). The number of hydrogen-bond acceptors (Lipinski definition) is 4. The molecule has 6 heteroatoms. The Hall–Kier alpha value is -2.99. The van der Waals surface area contributed by atoms with Gasteiger partial charge in [0.15, 0.2) is 0 Å². The van der Waals surface area contributed by atoms with Crippen LogP contribution in [-0.4, -0.2) is 21.7 Å². The minimum Gasteiger partial charge on any atom is -0.347 e. The molecule has 1 aromatic heterocycles. The summed E-state index contributed by atoms with van der Waals surface area (Å²) in [6, 6.07) is 19.6. The average molecular weight is 394 g/mol. The van der Waals surface area contributed by atoms with Crippen LogP contribution in [0.15, 0.2) is 66.0 Å². The highest BCUT2D eigenvalue weighted by molar-refractivity contribution is 7.09. The van der Waals surface area contributed by atoms with Gasteiger partial charge in [-0.3, -0.25) is 9.59 Å². The van der Waals surface area contributed by atoms with Gasteiger partial charge in [0.1, 0.15) is 10.7 Å². The lowest BCUT2D eigenvalue weighted by Crippen LogP contribution is -2.29. The first-order valence-corrected chi connectivity index (χ1v) is 10.1. The molecule has 0 aliphatic rings. The van der Waals surface area contributed by atoms with Crippen LogP contribution >= 0.6 is 11.3 Å². The SMILES string of the molecule is CCC(=O)N(Cc1ccccc1)Cc1nc(C(=O)NCc2ccccc2)cs1. The molecular formula is C22H23N3O2S. The molecule has 0 aliphatic heterocycles. The fourth-order valence-electron chi connectivity index (χ4n) is 2.78. The molecule has 28 heavy (non-hydrogen) atoms. The predicted molar refractivity (Wildman–Crippen MR) is 111 cm³/mol. The van der Waals surface area contributed by atoms with Crippen LogP contribution in [0.25, 0.3) is 0 Å². The number of nitrogens with zero attached hydrogens (tertiary/aromatic N) is 2. The second kappa shape index (κ2) is 9.80. The van der Waals surface area contributed by atoms with Gasteiger partial charge in [0.25, 0.3) is 5.91 Å². The third kappa shape index (κ3) is 5.50. The summed E-state index contributed by atoms with van der Waals surface area (Å²) in [6.45, 7) is 3.24. The lowest BCUT2D eigenvalue weighted by atomic mass is 10.2. The molecule has 5 nitrogen and oxygen atoms in total. The van der Waals surface area contributed by atoms with E-state index in [-0.39, 0.29) is 11.8 Å². The Labute approximate surface area is 169 Å². The van der Waals surface area contributed by atoms with E-state index >= 15 is 0 Å². The first-order chi connectivity index (χ1) is 13.7. The molecule has 3 aromatic rings. The predicted octanol–water partition coefficient (Wildman–Crippen LogP) is 4.01. The summed E-state index contributed by atoms with van der Waals surface area (Å²) in [6.07, 6.45) is 0.433. The Morgan fingerprint density at radius 2 is 1.61 bits per heavy atom. The largest absolute Gasteiger partial charge is 0.347 e. The topological polar surface area (TPSA) is 62.3 Å². The molecule has 0 bridgehead atoms. The molecule has 3 rings (SSSR count). The van der Waals surface area contributed by atoms with Crippen molar-refractivity contribution in [2.75, 3.05) is 0 Å². The van der Waals surface area contributed by atoms with Gasteiger partial charge in [-0.15, -0.1) is 11.3 Å². The fraction of sp³-hybridized carbons (Fsp3) is 0.227. The summed E-state index contributed by atoms with van der Waals surface area (Å²) in [5.41, 5.74) is 2.50. The molecule has 1 heterocycles. The van der Waals surface area contributed by atoms with Crippen LogP contribution in [0.1, 0.15) is 40.0 Å². The second-order valence-corrected chi connectivity index (χ2v) is 7.33. The molecule has 0 fully saturated rings. The number of hydrogen-bond donors (Lipinski definition) is 1. The van der Waals surface area contributed by atoms with Crippen molar-refractivity contribution in [1.29, 1.82) is 0 Å². The molecule has 0 saturated carbocycles. The Kier molecular flexibility index (Phi) is 6.92. The van der Waals surface area contributed by atoms with Gasteiger partial charge in [-0.1, -0.05) is 67.6 Å². The van der Waals surface area contributed by atoms with E-state index in [0.717, 1.165) is 16.1 Å². The van der Waals surface area contributed by atoms with Crippen molar-refractivity contribution in [3.63, 3.8) is 0 Å². The van der Waals surface area contributed by atoms with Gasteiger partial charge < -0.3 is 10.2 Å². The van der Waals surface area contributed by atoms with E-state index in [1.165, 1.54) is 11.3 Å². The van der Waals surface area contributed by atoms with Crippen LogP contribution in [-0.2, 0) is 24.4 Å². The smallest absolute Gasteiger partial charge is 0.271 e. The highest BCUT2D eigenvalue weighted by Gasteiger charge is 2.17. The van der Waals surface area contributed by atoms with E-state index in [4.69, 9.17) is 0 Å². The first-order valence-electron chi connectivity index (χ1n) is 9.24. The van der Waals surface area contributed by atoms with Crippen molar-refractivity contribution in [2.45, 2.75) is 33.0 Å². The summed E-state index contributed by atoms with van der Waals surface area (Å²) in [4.78, 5) is 30.9. The molecule has 1 N–H and O–H groups in total. The lowest BCUT2D eigenvalue weighted by Gasteiger charge is -2.21. The number of rotatable bonds is 8. The van der Waals surface area contributed by atoms with E-state index in [0.29, 0.717) is 31.7 Å². The zero-order valence-corrected chi connectivity index (χ0v) is 16.6. The second-order valence-electron chi connectivity index (χ2n) is 6.38. The van der Waals surface area contributed by atoms with Gasteiger partial charge in [-0.25, -0.2) is 4.98 Å². The molecule has 0 saturated heterocycles. The van der Waals surface area contributed by atoms with E-state index < -0.39 is 0 Å². The fourth-order valence-corrected chi connectivity index (χ4v) is 3.57. The van der Waals surface area contributed by atoms with Gasteiger partial charge >= 0.3 is 0 Å². The van der Waals surface area contributed by atoms with Gasteiger partial charge in [-0.05, 0) is 11.1 Å². The van der Waals surface area contributed by atoms with Crippen molar-refractivity contribution in [3.05, 3.63) is 87.9 Å². The number of nitrogens with one attached hydrogen (secondary N) is 1. The minimum atomic E-state index is -0.206. The lowest BCUT2D eigenvalue weighted by molar-refractivity contribution is -0.132. The maximum absolute atomic E-state index is 12.4. The zero-order chi connectivity index (χ0) is 19.8. The molecule has 0 radical (unpaired) electrons. The summed E-state index contributed by atoms with van der Waals surface area (Å²) in [5.74, 6) is -0.142. The highest BCUT2D eigenvalue weighted by atomic mass is 32.1. The molecule has 2 amide bonds. The Balaban J connectivity index is 1.62. The summed E-state index contributed by atoms with van der Waals surface area (Å²) in [5, 5.41) is 5.38. The maximum Gasteiger partial charge on any atom is 0.271 e. The number of carbonyl (C=O) groups excluding carboxylic acids is 2. The molecular weight excluding hydrogens is 370 g/mol. The molecule has 0 atom stereocenters. The summed E-state index contributed by atoms with van der Waals surface area (Å²) >= 11 is 1.40. The van der Waals surface area contributed by atoms with Gasteiger partial charge in [-0.2, -0.15) is 0 Å². The molecule has 2 aromatic carbocycles. The third-order valence-corrected chi connectivity index (χ3v) is 5.11. The Morgan fingerprint density at radius 3 is 2.25 bits per heavy atom. The number of amides is 2. The Morgan fingerprint density at radius 1 is 0.964 bits per heavy atom. The number of benzene rings is 2. The summed E-state index contributed by atoms with van der Waals surface area (Å²) in [7, 11) is 0. The number of carbonyl (C=O) groups is 2. The van der Waals surface area contributed by atoms with Crippen LogP contribution in [0.3, 0.4) is 0 Å². The molecule has 144 valence electrons. The van der Waals surface area contributed by atoms with E-state index in [2.05, 4.69) is 10.3 Å². The van der Waals surface area contributed by atoms with E-state index in [1.807, 2.05) is 67.6 Å². The van der Waals surface area contributed by atoms with Crippen molar-refractivity contribution in [3.8, 4) is 0 Å². The minimum absolute atomic E-state index is 0.0640. The van der Waals surface area contributed by atoms with Gasteiger partial charge in [0.2, 0.25) is 5.91 Å². The van der Waals surface area contributed by atoms with Crippen LogP contribution in [0.5, 0.6) is 0 Å². The van der Waals surface area contributed by atoms with Crippen molar-refractivity contribution >= 4 is 23.2 Å². The van der Waals surface area contributed by atoms with Crippen LogP contribution in [0.2, 0.25) is 0 Å². The number of aromatic nitrogens is 1. The first kappa shape index (κ1) is 19.8. The van der Waals surface area contributed by atoms with E-state index in [9.17, 15) is 9.59 Å². The summed E-state index contributed by atoms with van der Waals surface area (Å²) < 4.78 is 0. The van der Waals surface area contributed by atoms with Crippen molar-refractivity contribution in [2.24, 2.45) is 0 Å². The van der Waals surface area contributed by atoms with Gasteiger partial charge in [0, 0.05) is 24.9 Å². The average Bonchev–Trinajstić information content (AvgIpc) is 3.21. The molecule has 0 spiro atoms. The molecule has 0 aliphatic carbocycles. The van der Waals surface area contributed by atoms with Crippen LogP contribution in [0.4, 0.5) is 0 Å². The number of thiazole rings is 1.